The highest BCUT2D eigenvalue weighted by Crippen LogP contribution is 2.39. The van der Waals surface area contributed by atoms with Crippen molar-refractivity contribution in [2.24, 2.45) is 0 Å². The Morgan fingerprint density at radius 1 is 1.14 bits per heavy atom. The van der Waals surface area contributed by atoms with Crippen molar-refractivity contribution >= 4 is 5.69 Å². The first kappa shape index (κ1) is 15.0. The van der Waals surface area contributed by atoms with Crippen molar-refractivity contribution in [3.8, 4) is 5.75 Å². The number of nitrogens with one attached hydrogen (secondary N) is 1. The Hall–Kier alpha value is -1.96. The van der Waals surface area contributed by atoms with Crippen LogP contribution >= 0.6 is 0 Å². The van der Waals surface area contributed by atoms with Crippen molar-refractivity contribution in [2.45, 2.75) is 45.6 Å². The minimum absolute atomic E-state index is 0.191. The second-order valence-electron chi connectivity index (χ2n) is 6.99. The van der Waals surface area contributed by atoms with Gasteiger partial charge in [0.15, 0.2) is 0 Å². The molecule has 0 bridgehead atoms. The number of ether oxygens (including phenoxy) is 1. The molecule has 22 heavy (non-hydrogen) atoms. The summed E-state index contributed by atoms with van der Waals surface area (Å²) in [5, 5.41) is 3.65. The van der Waals surface area contributed by atoms with Crippen LogP contribution in [0.1, 0.15) is 50.4 Å². The van der Waals surface area contributed by atoms with E-state index in [1.807, 2.05) is 13.0 Å². The molecule has 3 rings (SSSR count). The van der Waals surface area contributed by atoms with Gasteiger partial charge in [0.25, 0.3) is 0 Å². The lowest BCUT2D eigenvalue weighted by molar-refractivity contribution is 0.335. The van der Waals surface area contributed by atoms with Gasteiger partial charge in [-0.25, -0.2) is 0 Å². The molecule has 1 aliphatic heterocycles. The van der Waals surface area contributed by atoms with E-state index in [4.69, 9.17) is 4.74 Å². The maximum absolute atomic E-state index is 5.79. The predicted molar refractivity (Wildman–Crippen MR) is 92.8 cm³/mol. The number of hydrogen-bond acceptors (Lipinski definition) is 2. The Morgan fingerprint density at radius 2 is 1.91 bits per heavy atom. The highest BCUT2D eigenvalue weighted by Gasteiger charge is 2.26. The molecule has 1 heterocycles. The second kappa shape index (κ2) is 5.68. The lowest BCUT2D eigenvalue weighted by atomic mass is 9.85. The van der Waals surface area contributed by atoms with Gasteiger partial charge in [-0.1, -0.05) is 51.1 Å². The van der Waals surface area contributed by atoms with Crippen molar-refractivity contribution < 1.29 is 4.74 Å². The van der Waals surface area contributed by atoms with E-state index in [-0.39, 0.29) is 5.41 Å². The summed E-state index contributed by atoms with van der Waals surface area (Å²) in [6, 6.07) is 15.5. The third-order valence-corrected chi connectivity index (χ3v) is 4.32. The fourth-order valence-electron chi connectivity index (χ4n) is 3.07. The maximum Gasteiger partial charge on any atom is 0.124 e. The van der Waals surface area contributed by atoms with Crippen molar-refractivity contribution in [3.63, 3.8) is 0 Å². The Morgan fingerprint density at radius 3 is 2.64 bits per heavy atom. The van der Waals surface area contributed by atoms with Gasteiger partial charge in [0.05, 0.1) is 12.6 Å². The topological polar surface area (TPSA) is 21.3 Å². The van der Waals surface area contributed by atoms with E-state index < -0.39 is 0 Å². The van der Waals surface area contributed by atoms with E-state index in [0.717, 1.165) is 12.2 Å². The van der Waals surface area contributed by atoms with E-state index >= 15 is 0 Å². The monoisotopic (exact) mass is 295 g/mol. The molecule has 0 aromatic heterocycles. The summed E-state index contributed by atoms with van der Waals surface area (Å²) in [5.41, 5.74) is 5.49. The minimum Gasteiger partial charge on any atom is -0.494 e. The minimum atomic E-state index is 0.191. The Balaban J connectivity index is 1.89. The average molecular weight is 295 g/mol. The lowest BCUT2D eigenvalue weighted by Crippen LogP contribution is -2.11. The zero-order chi connectivity index (χ0) is 15.7. The summed E-state index contributed by atoms with van der Waals surface area (Å²) >= 11 is 0. The van der Waals surface area contributed by atoms with E-state index in [1.54, 1.807) is 0 Å². The fraction of sp³-hybridized carbons (Fsp3) is 0.400. The molecular weight excluding hydrogens is 270 g/mol. The molecule has 1 aliphatic rings. The van der Waals surface area contributed by atoms with Crippen LogP contribution < -0.4 is 10.1 Å². The van der Waals surface area contributed by atoms with Gasteiger partial charge in [0.2, 0.25) is 0 Å². The van der Waals surface area contributed by atoms with Gasteiger partial charge < -0.3 is 10.1 Å². The number of anilines is 1. The first-order valence-corrected chi connectivity index (χ1v) is 8.10. The van der Waals surface area contributed by atoms with E-state index in [0.29, 0.717) is 12.6 Å². The highest BCUT2D eigenvalue weighted by molar-refractivity contribution is 5.61. The van der Waals surface area contributed by atoms with Gasteiger partial charge >= 0.3 is 0 Å². The first-order valence-electron chi connectivity index (χ1n) is 8.10. The van der Waals surface area contributed by atoms with Gasteiger partial charge in [-0.3, -0.25) is 0 Å². The van der Waals surface area contributed by atoms with Crippen molar-refractivity contribution in [2.75, 3.05) is 11.9 Å². The molecule has 0 spiro atoms. The smallest absolute Gasteiger partial charge is 0.124 e. The van der Waals surface area contributed by atoms with Crippen LogP contribution in [0.5, 0.6) is 5.75 Å². The quantitative estimate of drug-likeness (QED) is 0.851. The molecule has 0 amide bonds. The summed E-state index contributed by atoms with van der Waals surface area (Å²) < 4.78 is 5.79. The molecule has 0 fully saturated rings. The Labute approximate surface area is 133 Å². The number of para-hydroxylation sites is 1. The van der Waals surface area contributed by atoms with Crippen molar-refractivity contribution in [3.05, 3.63) is 59.2 Å². The molecule has 116 valence electrons. The van der Waals surface area contributed by atoms with Gasteiger partial charge in [-0.15, -0.1) is 0 Å². The molecule has 2 aromatic carbocycles. The second-order valence-corrected chi connectivity index (χ2v) is 6.99. The van der Waals surface area contributed by atoms with Crippen LogP contribution in [0.4, 0.5) is 5.69 Å². The predicted octanol–water partition coefficient (Wildman–Crippen LogP) is 5.09. The molecule has 0 saturated carbocycles. The van der Waals surface area contributed by atoms with E-state index in [2.05, 4.69) is 62.5 Å². The summed E-state index contributed by atoms with van der Waals surface area (Å²) in [6.45, 7) is 9.52. The average Bonchev–Trinajstić information content (AvgIpc) is 2.90. The Bertz CT molecular complexity index is 670. The standard InChI is InChI=1S/C20H25NO/c1-5-22-19-9-7-6-8-16(19)18-13-14-12-15(20(2,3)4)10-11-17(14)21-18/h6-12,18,21H,5,13H2,1-4H3. The molecule has 1 atom stereocenters. The fourth-order valence-corrected chi connectivity index (χ4v) is 3.07. The van der Waals surface area contributed by atoms with Gasteiger partial charge in [0.1, 0.15) is 5.75 Å². The Kier molecular flexibility index (Phi) is 3.86. The molecular formula is C20H25NO. The largest absolute Gasteiger partial charge is 0.494 e. The molecule has 0 aliphatic carbocycles. The molecule has 2 heteroatoms. The molecule has 0 radical (unpaired) electrons. The number of rotatable bonds is 3. The van der Waals surface area contributed by atoms with Crippen LogP contribution in [-0.4, -0.2) is 6.61 Å². The molecule has 1 N–H and O–H groups in total. The summed E-state index contributed by atoms with van der Waals surface area (Å²) in [6.07, 6.45) is 1.02. The molecule has 2 aromatic rings. The van der Waals surface area contributed by atoms with E-state index in [1.165, 1.54) is 22.4 Å². The number of benzene rings is 2. The number of hydrogen-bond donors (Lipinski definition) is 1. The maximum atomic E-state index is 5.79. The zero-order valence-electron chi connectivity index (χ0n) is 13.9. The van der Waals surface area contributed by atoms with Gasteiger partial charge in [-0.2, -0.15) is 0 Å². The van der Waals surface area contributed by atoms with Crippen LogP contribution in [0.3, 0.4) is 0 Å². The first-order chi connectivity index (χ1) is 10.5. The van der Waals surface area contributed by atoms with Crippen molar-refractivity contribution in [1.82, 2.24) is 0 Å². The van der Waals surface area contributed by atoms with Crippen LogP contribution in [0.15, 0.2) is 42.5 Å². The third kappa shape index (κ3) is 2.83. The normalized spacial score (nSPS) is 17.0. The lowest BCUT2D eigenvalue weighted by Gasteiger charge is -2.19. The highest BCUT2D eigenvalue weighted by atomic mass is 16.5. The zero-order valence-corrected chi connectivity index (χ0v) is 13.9. The summed E-state index contributed by atoms with van der Waals surface area (Å²) in [4.78, 5) is 0. The van der Waals surface area contributed by atoms with Crippen LogP contribution in [0.2, 0.25) is 0 Å². The van der Waals surface area contributed by atoms with E-state index in [9.17, 15) is 0 Å². The van der Waals surface area contributed by atoms with Crippen molar-refractivity contribution in [1.29, 1.82) is 0 Å². The summed E-state index contributed by atoms with van der Waals surface area (Å²) in [5.74, 6) is 0.992. The number of fused-ring (bicyclic) bond motifs is 1. The molecule has 2 nitrogen and oxygen atoms in total. The van der Waals surface area contributed by atoms with Crippen LogP contribution in [0, 0.1) is 0 Å². The SMILES string of the molecule is CCOc1ccccc1C1Cc2cc(C(C)(C)C)ccc2N1. The molecule has 0 saturated heterocycles. The van der Waals surface area contributed by atoms with Crippen LogP contribution in [0.25, 0.3) is 0 Å². The van der Waals surface area contributed by atoms with Gasteiger partial charge in [-0.05, 0) is 42.0 Å². The molecule has 1 unspecified atom stereocenters. The summed E-state index contributed by atoms with van der Waals surface area (Å²) in [7, 11) is 0. The third-order valence-electron chi connectivity index (χ3n) is 4.32. The van der Waals surface area contributed by atoms with Gasteiger partial charge in [0, 0.05) is 11.3 Å². The van der Waals surface area contributed by atoms with Crippen LogP contribution in [-0.2, 0) is 11.8 Å².